The fraction of sp³-hybridized carbons (Fsp3) is 0.467. The SMILES string of the molecule is CC(F)(c1cccc2ccsc12)C1CCCNC1. The van der Waals surface area contributed by atoms with Crippen LogP contribution in [-0.2, 0) is 5.67 Å². The molecule has 1 saturated heterocycles. The van der Waals surface area contributed by atoms with Gasteiger partial charge in [0.1, 0.15) is 5.67 Å². The average molecular weight is 263 g/mol. The number of halogens is 1. The number of benzene rings is 1. The molecule has 3 heteroatoms. The molecule has 0 amide bonds. The zero-order valence-corrected chi connectivity index (χ0v) is 11.4. The molecule has 0 saturated carbocycles. The molecule has 1 N–H and O–H groups in total. The first kappa shape index (κ1) is 12.1. The van der Waals surface area contributed by atoms with Crippen molar-refractivity contribution in [2.75, 3.05) is 13.1 Å². The summed E-state index contributed by atoms with van der Waals surface area (Å²) >= 11 is 1.64. The maximum atomic E-state index is 15.3. The van der Waals surface area contributed by atoms with Gasteiger partial charge < -0.3 is 5.32 Å². The Morgan fingerprint density at radius 2 is 2.28 bits per heavy atom. The molecule has 0 bridgehead atoms. The predicted octanol–water partition coefficient (Wildman–Crippen LogP) is 4.09. The molecule has 1 fully saturated rings. The Balaban J connectivity index is 2.03. The average Bonchev–Trinajstić information content (AvgIpc) is 2.87. The van der Waals surface area contributed by atoms with Crippen LogP contribution in [0.3, 0.4) is 0 Å². The van der Waals surface area contributed by atoms with Crippen LogP contribution < -0.4 is 5.32 Å². The summed E-state index contributed by atoms with van der Waals surface area (Å²) < 4.78 is 16.4. The molecule has 1 nitrogen and oxygen atoms in total. The molecule has 0 radical (unpaired) electrons. The summed E-state index contributed by atoms with van der Waals surface area (Å²) in [7, 11) is 0. The van der Waals surface area contributed by atoms with E-state index in [1.165, 1.54) is 0 Å². The van der Waals surface area contributed by atoms with Gasteiger partial charge in [0.25, 0.3) is 0 Å². The van der Waals surface area contributed by atoms with Crippen LogP contribution >= 0.6 is 11.3 Å². The molecule has 2 heterocycles. The van der Waals surface area contributed by atoms with Crippen LogP contribution in [0.5, 0.6) is 0 Å². The molecule has 1 aromatic heterocycles. The van der Waals surface area contributed by atoms with Crippen molar-refractivity contribution in [1.82, 2.24) is 5.32 Å². The Hall–Kier alpha value is -0.930. The van der Waals surface area contributed by atoms with Crippen LogP contribution in [0.2, 0.25) is 0 Å². The van der Waals surface area contributed by atoms with E-state index in [1.807, 2.05) is 17.5 Å². The minimum absolute atomic E-state index is 0.0824. The second-order valence-corrected chi connectivity index (χ2v) is 6.18. The number of thiophene rings is 1. The normalized spacial score (nSPS) is 24.0. The lowest BCUT2D eigenvalue weighted by atomic mass is 9.80. The molecular formula is C15H18FNS. The minimum Gasteiger partial charge on any atom is -0.316 e. The Morgan fingerprint density at radius 3 is 3.06 bits per heavy atom. The Bertz CT molecular complexity index is 540. The van der Waals surface area contributed by atoms with Gasteiger partial charge >= 0.3 is 0 Å². The van der Waals surface area contributed by atoms with Crippen LogP contribution in [-0.4, -0.2) is 13.1 Å². The molecule has 1 aromatic carbocycles. The van der Waals surface area contributed by atoms with Gasteiger partial charge in [-0.05, 0) is 43.1 Å². The maximum absolute atomic E-state index is 15.3. The zero-order chi connectivity index (χ0) is 12.6. The maximum Gasteiger partial charge on any atom is 0.138 e. The quantitative estimate of drug-likeness (QED) is 0.860. The molecule has 3 rings (SSSR count). The van der Waals surface area contributed by atoms with E-state index in [4.69, 9.17) is 0 Å². The van der Waals surface area contributed by atoms with E-state index in [0.717, 1.165) is 41.6 Å². The third-order valence-corrected chi connectivity index (χ3v) is 5.03. The van der Waals surface area contributed by atoms with Crippen LogP contribution in [0.4, 0.5) is 4.39 Å². The molecular weight excluding hydrogens is 245 g/mol. The van der Waals surface area contributed by atoms with Crippen molar-refractivity contribution < 1.29 is 4.39 Å². The number of rotatable bonds is 2. The second kappa shape index (κ2) is 4.63. The van der Waals surface area contributed by atoms with Gasteiger partial charge in [0, 0.05) is 22.7 Å². The van der Waals surface area contributed by atoms with Crippen molar-refractivity contribution in [3.05, 3.63) is 35.2 Å². The first-order valence-electron chi connectivity index (χ1n) is 6.56. The van der Waals surface area contributed by atoms with Crippen molar-refractivity contribution in [3.8, 4) is 0 Å². The molecule has 0 aliphatic carbocycles. The Morgan fingerprint density at radius 1 is 1.39 bits per heavy atom. The lowest BCUT2D eigenvalue weighted by molar-refractivity contribution is 0.0829. The Kier molecular flexibility index (Phi) is 3.12. The molecule has 18 heavy (non-hydrogen) atoms. The smallest absolute Gasteiger partial charge is 0.138 e. The van der Waals surface area contributed by atoms with E-state index < -0.39 is 5.67 Å². The third kappa shape index (κ3) is 1.95. The summed E-state index contributed by atoms with van der Waals surface area (Å²) in [5.74, 6) is 0.0824. The number of hydrogen-bond donors (Lipinski definition) is 1. The first-order chi connectivity index (χ1) is 8.69. The van der Waals surface area contributed by atoms with E-state index in [1.54, 1.807) is 18.3 Å². The highest BCUT2D eigenvalue weighted by molar-refractivity contribution is 7.17. The topological polar surface area (TPSA) is 12.0 Å². The largest absolute Gasteiger partial charge is 0.316 e. The van der Waals surface area contributed by atoms with Crippen LogP contribution in [0, 0.1) is 5.92 Å². The predicted molar refractivity (Wildman–Crippen MR) is 75.9 cm³/mol. The van der Waals surface area contributed by atoms with Gasteiger partial charge in [-0.25, -0.2) is 4.39 Å². The van der Waals surface area contributed by atoms with Gasteiger partial charge in [-0.3, -0.25) is 0 Å². The number of fused-ring (bicyclic) bond motifs is 1. The van der Waals surface area contributed by atoms with Crippen LogP contribution in [0.1, 0.15) is 25.3 Å². The number of alkyl halides is 1. The zero-order valence-electron chi connectivity index (χ0n) is 10.6. The number of nitrogens with one attached hydrogen (secondary N) is 1. The Labute approximate surface area is 111 Å². The van der Waals surface area contributed by atoms with E-state index in [2.05, 4.69) is 17.4 Å². The van der Waals surface area contributed by atoms with Gasteiger partial charge in [-0.2, -0.15) is 0 Å². The molecule has 0 spiro atoms. The summed E-state index contributed by atoms with van der Waals surface area (Å²) in [4.78, 5) is 0. The number of hydrogen-bond acceptors (Lipinski definition) is 2. The van der Waals surface area contributed by atoms with Crippen molar-refractivity contribution in [1.29, 1.82) is 0 Å². The summed E-state index contributed by atoms with van der Waals surface area (Å²) in [6.07, 6.45) is 2.05. The highest BCUT2D eigenvalue weighted by Gasteiger charge is 2.37. The van der Waals surface area contributed by atoms with Crippen LogP contribution in [0.25, 0.3) is 10.1 Å². The van der Waals surface area contributed by atoms with Crippen molar-refractivity contribution in [3.63, 3.8) is 0 Å². The van der Waals surface area contributed by atoms with E-state index in [-0.39, 0.29) is 5.92 Å². The molecule has 2 unspecified atom stereocenters. The minimum atomic E-state index is -1.24. The van der Waals surface area contributed by atoms with E-state index >= 15 is 4.39 Å². The summed E-state index contributed by atoms with van der Waals surface area (Å²) in [6.45, 7) is 3.56. The molecule has 1 aliphatic rings. The second-order valence-electron chi connectivity index (χ2n) is 5.26. The fourth-order valence-electron chi connectivity index (χ4n) is 2.91. The highest BCUT2D eigenvalue weighted by atomic mass is 32.1. The molecule has 2 aromatic rings. The highest BCUT2D eigenvalue weighted by Crippen LogP contribution is 2.41. The van der Waals surface area contributed by atoms with Crippen molar-refractivity contribution in [2.24, 2.45) is 5.92 Å². The van der Waals surface area contributed by atoms with Gasteiger partial charge in [-0.15, -0.1) is 11.3 Å². The van der Waals surface area contributed by atoms with Gasteiger partial charge in [0.15, 0.2) is 0 Å². The fourth-order valence-corrected chi connectivity index (χ4v) is 3.93. The van der Waals surface area contributed by atoms with Gasteiger partial charge in [-0.1, -0.05) is 18.2 Å². The monoisotopic (exact) mass is 263 g/mol. The summed E-state index contributed by atoms with van der Waals surface area (Å²) in [6, 6.07) is 8.05. The lowest BCUT2D eigenvalue weighted by Crippen LogP contribution is -2.40. The standard InChI is InChI=1S/C15H18FNS/c1-15(16,12-5-3-8-17-10-12)13-6-2-4-11-7-9-18-14(11)13/h2,4,6-7,9,12,17H,3,5,8,10H2,1H3. The lowest BCUT2D eigenvalue weighted by Gasteiger charge is -2.34. The summed E-state index contributed by atoms with van der Waals surface area (Å²) in [5.41, 5.74) is -0.374. The molecule has 96 valence electrons. The van der Waals surface area contributed by atoms with Gasteiger partial charge in [0.2, 0.25) is 0 Å². The van der Waals surface area contributed by atoms with Gasteiger partial charge in [0.05, 0.1) is 0 Å². The summed E-state index contributed by atoms with van der Waals surface area (Å²) in [5, 5.41) is 6.52. The first-order valence-corrected chi connectivity index (χ1v) is 7.44. The van der Waals surface area contributed by atoms with E-state index in [9.17, 15) is 0 Å². The number of piperidine rings is 1. The van der Waals surface area contributed by atoms with E-state index in [0.29, 0.717) is 0 Å². The van der Waals surface area contributed by atoms with Crippen LogP contribution in [0.15, 0.2) is 29.6 Å². The third-order valence-electron chi connectivity index (χ3n) is 4.07. The van der Waals surface area contributed by atoms with Crippen molar-refractivity contribution in [2.45, 2.75) is 25.4 Å². The molecule has 1 aliphatic heterocycles. The molecule has 2 atom stereocenters. The van der Waals surface area contributed by atoms with Crippen molar-refractivity contribution >= 4 is 21.4 Å².